The summed E-state index contributed by atoms with van der Waals surface area (Å²) < 4.78 is 51.8. The van der Waals surface area contributed by atoms with E-state index < -0.39 is 25.6 Å². The van der Waals surface area contributed by atoms with Crippen LogP contribution in [0.25, 0.3) is 10.9 Å². The Balaban J connectivity index is 1.69. The molecule has 168 valence electrons. The van der Waals surface area contributed by atoms with E-state index in [2.05, 4.69) is 25.2 Å². The molecular weight excluding hydrogens is 438 g/mol. The molecule has 1 atom stereocenters. The molecule has 0 aliphatic carbocycles. The van der Waals surface area contributed by atoms with Gasteiger partial charge in [0.15, 0.2) is 12.3 Å². The Bertz CT molecular complexity index is 1170. The number of pyridine rings is 1. The minimum Gasteiger partial charge on any atom is -0.363 e. The predicted octanol–water partition coefficient (Wildman–Crippen LogP) is 5.48. The summed E-state index contributed by atoms with van der Waals surface area (Å²) in [5.74, 6) is 1.83. The lowest BCUT2D eigenvalue weighted by Crippen LogP contribution is -2.33. The topological polar surface area (TPSA) is 71.0 Å². The average Bonchev–Trinajstić information content (AvgIpc) is 2.73. The highest BCUT2D eigenvalue weighted by molar-refractivity contribution is 7.44. The molecular formula is C22H24F3N5OP+. The highest BCUT2D eigenvalue weighted by Gasteiger charge is 2.33. The van der Waals surface area contributed by atoms with E-state index >= 15 is 0 Å². The molecule has 1 aromatic carbocycles. The van der Waals surface area contributed by atoms with Crippen molar-refractivity contribution in [2.75, 3.05) is 35.6 Å². The van der Waals surface area contributed by atoms with Gasteiger partial charge in [0.2, 0.25) is 0 Å². The smallest absolute Gasteiger partial charge is 0.363 e. The summed E-state index contributed by atoms with van der Waals surface area (Å²) in [6, 6.07) is 5.70. The molecule has 1 N–H and O–H groups in total. The van der Waals surface area contributed by atoms with Crippen LogP contribution in [0.15, 0.2) is 30.5 Å². The molecule has 1 aliphatic rings. The van der Waals surface area contributed by atoms with Crippen LogP contribution in [0.2, 0.25) is 0 Å². The Morgan fingerprint density at radius 3 is 2.56 bits per heavy atom. The van der Waals surface area contributed by atoms with Crippen molar-refractivity contribution < 1.29 is 17.7 Å². The standard InChI is InChI=1S/C22H24F3N5OP/c1-13-16(5-4-6-18(13)22(23,24)25)14(2)27-21-17-11-20(30-7-9-32(31)10-8-30)26-12-19(17)28-15(3)29-21/h4-6,11-12,14H,7-10H2,1-3H3,(H,27,28,29)/q+1/t14-/m1/s1. The fourth-order valence-corrected chi connectivity index (χ4v) is 5.20. The summed E-state index contributed by atoms with van der Waals surface area (Å²) in [5.41, 5.74) is 0.764. The molecule has 1 fully saturated rings. The number of rotatable bonds is 4. The number of nitrogens with one attached hydrogen (secondary N) is 1. The van der Waals surface area contributed by atoms with Gasteiger partial charge in [-0.05, 0) is 44.0 Å². The van der Waals surface area contributed by atoms with Crippen molar-refractivity contribution in [2.45, 2.75) is 33.0 Å². The monoisotopic (exact) mass is 462 g/mol. The summed E-state index contributed by atoms with van der Waals surface area (Å²) >= 11 is 0. The fourth-order valence-electron chi connectivity index (χ4n) is 4.05. The number of anilines is 2. The second-order valence-electron chi connectivity index (χ2n) is 7.98. The quantitative estimate of drug-likeness (QED) is 0.518. The van der Waals surface area contributed by atoms with Gasteiger partial charge in [0.1, 0.15) is 17.5 Å². The maximum atomic E-state index is 13.4. The minimum absolute atomic E-state index is 0.194. The molecule has 0 amide bonds. The third kappa shape index (κ3) is 4.53. The number of nitrogens with zero attached hydrogens (tertiary/aromatic N) is 4. The maximum absolute atomic E-state index is 13.4. The van der Waals surface area contributed by atoms with Gasteiger partial charge in [-0.15, -0.1) is 0 Å². The van der Waals surface area contributed by atoms with Crippen LogP contribution in [-0.2, 0) is 10.7 Å². The molecule has 6 nitrogen and oxygen atoms in total. The van der Waals surface area contributed by atoms with Crippen molar-refractivity contribution in [2.24, 2.45) is 0 Å². The molecule has 0 saturated carbocycles. The molecule has 0 bridgehead atoms. The van der Waals surface area contributed by atoms with Gasteiger partial charge in [0.25, 0.3) is 0 Å². The van der Waals surface area contributed by atoms with E-state index in [0.717, 1.165) is 17.3 Å². The number of aromatic nitrogens is 3. The summed E-state index contributed by atoms with van der Waals surface area (Å²) in [6.45, 7) is 6.41. The number of fused-ring (bicyclic) bond motifs is 1. The molecule has 32 heavy (non-hydrogen) atoms. The van der Waals surface area contributed by atoms with E-state index in [1.54, 1.807) is 19.2 Å². The normalized spacial score (nSPS) is 15.8. The average molecular weight is 462 g/mol. The van der Waals surface area contributed by atoms with E-state index in [1.807, 2.05) is 13.0 Å². The minimum atomic E-state index is -4.41. The number of benzene rings is 1. The molecule has 1 saturated heterocycles. The molecule has 10 heteroatoms. The Morgan fingerprint density at radius 2 is 1.88 bits per heavy atom. The zero-order valence-electron chi connectivity index (χ0n) is 18.1. The molecule has 1 aliphatic heterocycles. The number of halogens is 3. The van der Waals surface area contributed by atoms with Crippen molar-refractivity contribution in [3.05, 3.63) is 53.0 Å². The molecule has 2 aromatic heterocycles. The fraction of sp³-hybridized carbons (Fsp3) is 0.409. The Hall–Kier alpha value is -2.80. The van der Waals surface area contributed by atoms with E-state index in [0.29, 0.717) is 48.1 Å². The zero-order chi connectivity index (χ0) is 23.0. The summed E-state index contributed by atoms with van der Waals surface area (Å²) in [6.07, 6.45) is -1.45. The number of hydrogen-bond acceptors (Lipinski definition) is 6. The van der Waals surface area contributed by atoms with Gasteiger partial charge in [-0.3, -0.25) is 0 Å². The SMILES string of the molecule is Cc1nc(N[C@H](C)c2cccc(C(F)(F)F)c2C)c2cc(N3CC[P+](=O)CC3)ncc2n1. The highest BCUT2D eigenvalue weighted by atomic mass is 31.1. The van der Waals surface area contributed by atoms with Crippen LogP contribution in [0.1, 0.15) is 35.5 Å². The predicted molar refractivity (Wildman–Crippen MR) is 120 cm³/mol. The Labute approximate surface area is 185 Å². The van der Waals surface area contributed by atoms with Crippen molar-refractivity contribution in [3.63, 3.8) is 0 Å². The first-order valence-electron chi connectivity index (χ1n) is 10.4. The van der Waals surface area contributed by atoms with Crippen molar-refractivity contribution in [1.29, 1.82) is 0 Å². The van der Waals surface area contributed by atoms with Gasteiger partial charge in [-0.25, -0.2) is 15.0 Å². The second-order valence-corrected chi connectivity index (χ2v) is 9.84. The van der Waals surface area contributed by atoms with Crippen LogP contribution in [-0.4, -0.2) is 40.4 Å². The van der Waals surface area contributed by atoms with E-state index in [9.17, 15) is 17.7 Å². The van der Waals surface area contributed by atoms with Gasteiger partial charge in [-0.2, -0.15) is 13.2 Å². The number of alkyl halides is 3. The lowest BCUT2D eigenvalue weighted by atomic mass is 9.97. The third-order valence-electron chi connectivity index (χ3n) is 5.74. The Morgan fingerprint density at radius 1 is 1.16 bits per heavy atom. The summed E-state index contributed by atoms with van der Waals surface area (Å²) in [7, 11) is -1.14. The summed E-state index contributed by atoms with van der Waals surface area (Å²) in [4.78, 5) is 15.6. The van der Waals surface area contributed by atoms with Crippen LogP contribution in [0.3, 0.4) is 0 Å². The van der Waals surface area contributed by atoms with Gasteiger partial charge in [0, 0.05) is 5.39 Å². The van der Waals surface area contributed by atoms with E-state index in [1.165, 1.54) is 13.0 Å². The van der Waals surface area contributed by atoms with Crippen molar-refractivity contribution >= 4 is 30.3 Å². The molecule has 3 heterocycles. The molecule has 3 aromatic rings. The molecule has 0 spiro atoms. The largest absolute Gasteiger partial charge is 0.416 e. The third-order valence-corrected chi connectivity index (χ3v) is 7.14. The van der Waals surface area contributed by atoms with Gasteiger partial charge in [-0.1, -0.05) is 16.7 Å². The van der Waals surface area contributed by atoms with Crippen molar-refractivity contribution in [1.82, 2.24) is 15.0 Å². The van der Waals surface area contributed by atoms with Crippen LogP contribution in [0, 0.1) is 13.8 Å². The maximum Gasteiger partial charge on any atom is 0.416 e. The zero-order valence-corrected chi connectivity index (χ0v) is 19.0. The highest BCUT2D eigenvalue weighted by Crippen LogP contribution is 2.36. The number of hydrogen-bond donors (Lipinski definition) is 1. The second kappa shape index (κ2) is 8.62. The van der Waals surface area contributed by atoms with E-state index in [-0.39, 0.29) is 5.56 Å². The molecule has 0 unspecified atom stereocenters. The Kier molecular flexibility index (Phi) is 6.03. The van der Waals surface area contributed by atoms with Crippen LogP contribution >= 0.6 is 7.80 Å². The molecule has 4 rings (SSSR count). The first kappa shape index (κ1) is 22.4. The van der Waals surface area contributed by atoms with E-state index in [4.69, 9.17) is 0 Å². The van der Waals surface area contributed by atoms with Crippen LogP contribution in [0.4, 0.5) is 24.8 Å². The van der Waals surface area contributed by atoms with Gasteiger partial charge in [0.05, 0.1) is 36.4 Å². The number of aryl methyl sites for hydroxylation is 1. The van der Waals surface area contributed by atoms with Crippen LogP contribution < -0.4 is 10.2 Å². The first-order chi connectivity index (χ1) is 15.1. The molecule has 0 radical (unpaired) electrons. The lowest BCUT2D eigenvalue weighted by molar-refractivity contribution is -0.138. The lowest BCUT2D eigenvalue weighted by Gasteiger charge is -2.24. The van der Waals surface area contributed by atoms with Gasteiger partial charge < -0.3 is 10.2 Å². The van der Waals surface area contributed by atoms with Crippen molar-refractivity contribution in [3.8, 4) is 0 Å². The first-order valence-corrected chi connectivity index (χ1v) is 12.0. The summed E-state index contributed by atoms with van der Waals surface area (Å²) in [5, 5.41) is 4.03. The van der Waals surface area contributed by atoms with Gasteiger partial charge >= 0.3 is 14.0 Å². The van der Waals surface area contributed by atoms with Crippen LogP contribution in [0.5, 0.6) is 0 Å².